The van der Waals surface area contributed by atoms with Gasteiger partial charge in [0, 0.05) is 16.0 Å². The SMILES string of the molecule is CC.NC(=O)Cc1csc(-c2ccc(Cl)cc2)n1. The van der Waals surface area contributed by atoms with Crippen LogP contribution in [0.25, 0.3) is 10.6 Å². The van der Waals surface area contributed by atoms with Crippen LogP contribution in [0.1, 0.15) is 19.5 Å². The van der Waals surface area contributed by atoms with E-state index in [0.717, 1.165) is 10.6 Å². The number of nitrogens with two attached hydrogens (primary N) is 1. The Kier molecular flexibility index (Phi) is 5.82. The van der Waals surface area contributed by atoms with Crippen molar-refractivity contribution < 1.29 is 4.79 Å². The molecule has 0 saturated heterocycles. The zero-order valence-corrected chi connectivity index (χ0v) is 11.9. The van der Waals surface area contributed by atoms with E-state index < -0.39 is 0 Å². The van der Waals surface area contributed by atoms with Gasteiger partial charge in [0.05, 0.1) is 12.1 Å². The highest BCUT2D eigenvalue weighted by atomic mass is 35.5. The molecular weight excluding hydrogens is 268 g/mol. The summed E-state index contributed by atoms with van der Waals surface area (Å²) >= 11 is 7.28. The molecule has 0 fully saturated rings. The van der Waals surface area contributed by atoms with Crippen LogP contribution >= 0.6 is 22.9 Å². The Labute approximate surface area is 116 Å². The number of carbonyl (C=O) groups is 1. The Balaban J connectivity index is 0.000000771. The van der Waals surface area contributed by atoms with Gasteiger partial charge in [0.1, 0.15) is 5.01 Å². The highest BCUT2D eigenvalue weighted by molar-refractivity contribution is 7.13. The smallest absolute Gasteiger partial charge is 0.223 e. The summed E-state index contributed by atoms with van der Waals surface area (Å²) in [5.74, 6) is -0.368. The van der Waals surface area contributed by atoms with E-state index >= 15 is 0 Å². The molecular formula is C13H15ClN2OS. The van der Waals surface area contributed by atoms with Crippen molar-refractivity contribution in [1.82, 2.24) is 4.98 Å². The molecule has 96 valence electrons. The van der Waals surface area contributed by atoms with Crippen molar-refractivity contribution in [2.24, 2.45) is 5.73 Å². The Morgan fingerprint density at radius 3 is 2.50 bits per heavy atom. The van der Waals surface area contributed by atoms with Gasteiger partial charge in [0.15, 0.2) is 0 Å². The molecule has 0 aliphatic rings. The number of hydrogen-bond acceptors (Lipinski definition) is 3. The molecule has 1 aromatic heterocycles. The summed E-state index contributed by atoms with van der Waals surface area (Å²) < 4.78 is 0. The van der Waals surface area contributed by atoms with Crippen LogP contribution in [0.2, 0.25) is 5.02 Å². The predicted octanol–water partition coefficient (Wildman–Crippen LogP) is 3.52. The van der Waals surface area contributed by atoms with Crippen molar-refractivity contribution in [3.63, 3.8) is 0 Å². The lowest BCUT2D eigenvalue weighted by Crippen LogP contribution is -2.13. The van der Waals surface area contributed by atoms with Crippen molar-refractivity contribution >= 4 is 28.8 Å². The first-order valence-corrected chi connectivity index (χ1v) is 6.89. The quantitative estimate of drug-likeness (QED) is 0.936. The molecule has 3 nitrogen and oxygen atoms in total. The summed E-state index contributed by atoms with van der Waals surface area (Å²) in [6.45, 7) is 4.00. The lowest BCUT2D eigenvalue weighted by Gasteiger charge is -1.95. The number of carbonyl (C=O) groups excluding carboxylic acids is 1. The molecule has 1 heterocycles. The molecule has 0 spiro atoms. The number of amides is 1. The number of thiazole rings is 1. The highest BCUT2D eigenvalue weighted by Gasteiger charge is 2.06. The van der Waals surface area contributed by atoms with Gasteiger partial charge in [0.2, 0.25) is 5.91 Å². The lowest BCUT2D eigenvalue weighted by molar-refractivity contribution is -0.117. The van der Waals surface area contributed by atoms with E-state index in [1.54, 1.807) is 0 Å². The Morgan fingerprint density at radius 1 is 1.33 bits per heavy atom. The lowest BCUT2D eigenvalue weighted by atomic mass is 10.2. The summed E-state index contributed by atoms with van der Waals surface area (Å²) in [5, 5.41) is 3.40. The second-order valence-corrected chi connectivity index (χ2v) is 4.59. The molecule has 2 rings (SSSR count). The molecule has 2 aromatic rings. The van der Waals surface area contributed by atoms with Gasteiger partial charge in [-0.1, -0.05) is 37.6 Å². The Morgan fingerprint density at radius 2 is 1.94 bits per heavy atom. The fourth-order valence-corrected chi connectivity index (χ4v) is 2.24. The highest BCUT2D eigenvalue weighted by Crippen LogP contribution is 2.25. The Bertz CT molecular complexity index is 508. The zero-order chi connectivity index (χ0) is 13.5. The first kappa shape index (κ1) is 14.7. The standard InChI is InChI=1S/C11H9ClN2OS.C2H6/c12-8-3-1-7(2-4-8)11-14-9(6-16-11)5-10(13)15;1-2/h1-4,6H,5H2,(H2,13,15);1-2H3. The van der Waals surface area contributed by atoms with E-state index in [0.29, 0.717) is 10.7 Å². The minimum absolute atomic E-state index is 0.185. The summed E-state index contributed by atoms with van der Waals surface area (Å²) in [5.41, 5.74) is 6.80. The first-order chi connectivity index (χ1) is 8.65. The molecule has 1 amide bonds. The predicted molar refractivity (Wildman–Crippen MR) is 76.8 cm³/mol. The normalized spacial score (nSPS) is 9.50. The number of halogens is 1. The van der Waals surface area contributed by atoms with Gasteiger partial charge in [-0.3, -0.25) is 4.79 Å². The number of benzene rings is 1. The molecule has 0 unspecified atom stereocenters. The molecule has 1 aromatic carbocycles. The number of nitrogens with zero attached hydrogens (tertiary/aromatic N) is 1. The van der Waals surface area contributed by atoms with Crippen molar-refractivity contribution in [3.05, 3.63) is 40.4 Å². The van der Waals surface area contributed by atoms with E-state index in [-0.39, 0.29) is 12.3 Å². The maximum Gasteiger partial charge on any atom is 0.223 e. The summed E-state index contributed by atoms with van der Waals surface area (Å²) in [4.78, 5) is 15.1. The topological polar surface area (TPSA) is 56.0 Å². The van der Waals surface area contributed by atoms with E-state index in [2.05, 4.69) is 4.98 Å². The molecule has 0 aliphatic carbocycles. The molecule has 18 heavy (non-hydrogen) atoms. The molecule has 0 saturated carbocycles. The van der Waals surface area contributed by atoms with Crippen molar-refractivity contribution in [2.45, 2.75) is 20.3 Å². The van der Waals surface area contributed by atoms with E-state index in [1.807, 2.05) is 43.5 Å². The number of hydrogen-bond donors (Lipinski definition) is 1. The number of rotatable bonds is 3. The van der Waals surface area contributed by atoms with Gasteiger partial charge in [-0.2, -0.15) is 0 Å². The average molecular weight is 283 g/mol. The fourth-order valence-electron chi connectivity index (χ4n) is 1.29. The van der Waals surface area contributed by atoms with Crippen molar-refractivity contribution in [1.29, 1.82) is 0 Å². The maximum absolute atomic E-state index is 10.7. The van der Waals surface area contributed by atoms with Crippen LogP contribution in [0.5, 0.6) is 0 Å². The van der Waals surface area contributed by atoms with Gasteiger partial charge in [-0.15, -0.1) is 11.3 Å². The van der Waals surface area contributed by atoms with Crippen LogP contribution < -0.4 is 5.73 Å². The molecule has 0 aliphatic heterocycles. The molecule has 2 N–H and O–H groups in total. The minimum Gasteiger partial charge on any atom is -0.369 e. The monoisotopic (exact) mass is 282 g/mol. The molecule has 5 heteroatoms. The van der Waals surface area contributed by atoms with Crippen molar-refractivity contribution in [3.8, 4) is 10.6 Å². The van der Waals surface area contributed by atoms with Crippen LogP contribution in [0.3, 0.4) is 0 Å². The largest absolute Gasteiger partial charge is 0.369 e. The minimum atomic E-state index is -0.368. The third-order valence-electron chi connectivity index (χ3n) is 2.00. The van der Waals surface area contributed by atoms with Gasteiger partial charge in [-0.25, -0.2) is 4.98 Å². The van der Waals surface area contributed by atoms with Gasteiger partial charge < -0.3 is 5.73 Å². The second-order valence-electron chi connectivity index (χ2n) is 3.29. The second kappa shape index (κ2) is 7.13. The molecule has 0 radical (unpaired) electrons. The van der Waals surface area contributed by atoms with E-state index in [4.69, 9.17) is 17.3 Å². The first-order valence-electron chi connectivity index (χ1n) is 5.64. The summed E-state index contributed by atoms with van der Waals surface area (Å²) in [6, 6.07) is 7.42. The fraction of sp³-hybridized carbons (Fsp3) is 0.231. The Hall–Kier alpha value is -1.39. The molecule has 0 bridgehead atoms. The van der Waals surface area contributed by atoms with Crippen LogP contribution in [-0.4, -0.2) is 10.9 Å². The number of primary amides is 1. The van der Waals surface area contributed by atoms with Crippen LogP contribution in [0.15, 0.2) is 29.6 Å². The van der Waals surface area contributed by atoms with Crippen molar-refractivity contribution in [2.75, 3.05) is 0 Å². The van der Waals surface area contributed by atoms with Gasteiger partial charge >= 0.3 is 0 Å². The van der Waals surface area contributed by atoms with Gasteiger partial charge in [-0.05, 0) is 12.1 Å². The van der Waals surface area contributed by atoms with Gasteiger partial charge in [0.25, 0.3) is 0 Å². The van der Waals surface area contributed by atoms with Crippen LogP contribution in [0, 0.1) is 0 Å². The number of aromatic nitrogens is 1. The zero-order valence-electron chi connectivity index (χ0n) is 10.3. The summed E-state index contributed by atoms with van der Waals surface area (Å²) in [7, 11) is 0. The van der Waals surface area contributed by atoms with Crippen LogP contribution in [-0.2, 0) is 11.2 Å². The van der Waals surface area contributed by atoms with E-state index in [9.17, 15) is 4.79 Å². The van der Waals surface area contributed by atoms with Crippen LogP contribution in [0.4, 0.5) is 0 Å². The maximum atomic E-state index is 10.7. The third kappa shape index (κ3) is 4.13. The molecule has 0 atom stereocenters. The summed E-state index contributed by atoms with van der Waals surface area (Å²) in [6.07, 6.45) is 0.185. The van der Waals surface area contributed by atoms with E-state index in [1.165, 1.54) is 11.3 Å². The third-order valence-corrected chi connectivity index (χ3v) is 3.19. The average Bonchev–Trinajstić information content (AvgIpc) is 2.80.